The van der Waals surface area contributed by atoms with Gasteiger partial charge in [0.2, 0.25) is 0 Å². The number of aliphatic hydroxyl groups is 1. The third-order valence-electron chi connectivity index (χ3n) is 4.84. The predicted molar refractivity (Wildman–Crippen MR) is 109 cm³/mol. The first kappa shape index (κ1) is 20.6. The van der Waals surface area contributed by atoms with Gasteiger partial charge in [-0.2, -0.15) is 0 Å². The molecule has 150 valence electrons. The number of carbonyl (C=O) groups is 3. The summed E-state index contributed by atoms with van der Waals surface area (Å²) in [7, 11) is 0. The SMILES string of the molecule is Cc1ccc([C@H]2/C(=C(\O)c3ccc(Cl)cc3)C(=O)C(=O)N2CCCC(=O)O)cc1. The van der Waals surface area contributed by atoms with Gasteiger partial charge in [0.25, 0.3) is 11.7 Å². The number of halogens is 1. The molecule has 29 heavy (non-hydrogen) atoms. The van der Waals surface area contributed by atoms with Crippen molar-refractivity contribution in [2.45, 2.75) is 25.8 Å². The van der Waals surface area contributed by atoms with Gasteiger partial charge >= 0.3 is 5.97 Å². The summed E-state index contributed by atoms with van der Waals surface area (Å²) in [6.07, 6.45) is 0.0759. The van der Waals surface area contributed by atoms with Crippen LogP contribution in [0.5, 0.6) is 0 Å². The van der Waals surface area contributed by atoms with E-state index in [1.807, 2.05) is 19.1 Å². The van der Waals surface area contributed by atoms with E-state index in [2.05, 4.69) is 0 Å². The Balaban J connectivity index is 2.08. The van der Waals surface area contributed by atoms with Crippen LogP contribution in [-0.4, -0.2) is 39.3 Å². The molecule has 1 fully saturated rings. The van der Waals surface area contributed by atoms with Crippen molar-refractivity contribution in [3.63, 3.8) is 0 Å². The van der Waals surface area contributed by atoms with Crippen LogP contribution < -0.4 is 0 Å². The summed E-state index contributed by atoms with van der Waals surface area (Å²) >= 11 is 5.90. The van der Waals surface area contributed by atoms with Crippen LogP contribution in [0.4, 0.5) is 0 Å². The summed E-state index contributed by atoms with van der Waals surface area (Å²) in [5.41, 5.74) is 2.03. The van der Waals surface area contributed by atoms with Gasteiger partial charge in [-0.3, -0.25) is 14.4 Å². The molecule has 1 atom stereocenters. The molecule has 2 N–H and O–H groups in total. The van der Waals surface area contributed by atoms with Gasteiger partial charge in [-0.1, -0.05) is 41.4 Å². The Labute approximate surface area is 173 Å². The summed E-state index contributed by atoms with van der Waals surface area (Å²) in [6.45, 7) is 2.01. The van der Waals surface area contributed by atoms with E-state index in [9.17, 15) is 19.5 Å². The van der Waals surface area contributed by atoms with E-state index in [1.54, 1.807) is 36.4 Å². The lowest BCUT2D eigenvalue weighted by Crippen LogP contribution is -2.31. The van der Waals surface area contributed by atoms with Crippen molar-refractivity contribution in [1.82, 2.24) is 4.90 Å². The Hall–Kier alpha value is -3.12. The zero-order valence-electron chi connectivity index (χ0n) is 15.8. The minimum atomic E-state index is -0.977. The number of rotatable bonds is 6. The topological polar surface area (TPSA) is 94.9 Å². The smallest absolute Gasteiger partial charge is 0.303 e. The van der Waals surface area contributed by atoms with E-state index in [0.29, 0.717) is 16.1 Å². The molecule has 1 heterocycles. The van der Waals surface area contributed by atoms with Crippen LogP contribution in [0, 0.1) is 6.92 Å². The Morgan fingerprint density at radius 1 is 1.03 bits per heavy atom. The molecule has 1 amide bonds. The van der Waals surface area contributed by atoms with Gasteiger partial charge < -0.3 is 15.1 Å². The minimum Gasteiger partial charge on any atom is -0.507 e. The quantitative estimate of drug-likeness (QED) is 0.425. The van der Waals surface area contributed by atoms with E-state index < -0.39 is 23.7 Å². The molecule has 2 aromatic rings. The predicted octanol–water partition coefficient (Wildman–Crippen LogP) is 3.93. The van der Waals surface area contributed by atoms with Crippen LogP contribution in [0.3, 0.4) is 0 Å². The lowest BCUT2D eigenvalue weighted by atomic mass is 9.94. The number of aliphatic hydroxyl groups excluding tert-OH is 1. The number of aryl methyl sites for hydroxylation is 1. The monoisotopic (exact) mass is 413 g/mol. The molecule has 3 rings (SSSR count). The molecule has 0 bridgehead atoms. The van der Waals surface area contributed by atoms with Crippen molar-refractivity contribution >= 4 is 35.0 Å². The number of ketones is 1. The average Bonchev–Trinajstić information content (AvgIpc) is 2.93. The van der Waals surface area contributed by atoms with Crippen molar-refractivity contribution in [2.24, 2.45) is 0 Å². The molecule has 0 spiro atoms. The van der Waals surface area contributed by atoms with E-state index in [0.717, 1.165) is 5.56 Å². The zero-order chi connectivity index (χ0) is 21.1. The Kier molecular flexibility index (Phi) is 6.03. The number of carbonyl (C=O) groups excluding carboxylic acids is 2. The molecule has 0 radical (unpaired) electrons. The molecule has 1 aliphatic heterocycles. The van der Waals surface area contributed by atoms with Crippen molar-refractivity contribution in [3.8, 4) is 0 Å². The van der Waals surface area contributed by atoms with Crippen LogP contribution >= 0.6 is 11.6 Å². The lowest BCUT2D eigenvalue weighted by molar-refractivity contribution is -0.140. The highest BCUT2D eigenvalue weighted by Gasteiger charge is 2.45. The lowest BCUT2D eigenvalue weighted by Gasteiger charge is -2.25. The highest BCUT2D eigenvalue weighted by atomic mass is 35.5. The van der Waals surface area contributed by atoms with Gasteiger partial charge in [0, 0.05) is 23.6 Å². The highest BCUT2D eigenvalue weighted by Crippen LogP contribution is 2.39. The number of hydrogen-bond acceptors (Lipinski definition) is 4. The number of hydrogen-bond donors (Lipinski definition) is 2. The summed E-state index contributed by atoms with van der Waals surface area (Å²) in [5.74, 6) is -2.81. The molecule has 0 saturated carbocycles. The first-order valence-corrected chi connectivity index (χ1v) is 9.50. The van der Waals surface area contributed by atoms with Crippen LogP contribution in [0.2, 0.25) is 5.02 Å². The van der Waals surface area contributed by atoms with E-state index >= 15 is 0 Å². The van der Waals surface area contributed by atoms with Crippen molar-refractivity contribution in [2.75, 3.05) is 6.54 Å². The number of aliphatic carboxylic acids is 1. The highest BCUT2D eigenvalue weighted by molar-refractivity contribution is 6.46. The maximum absolute atomic E-state index is 12.8. The summed E-state index contributed by atoms with van der Waals surface area (Å²) < 4.78 is 0. The molecule has 0 unspecified atom stereocenters. The molecule has 1 aliphatic rings. The van der Waals surface area contributed by atoms with Crippen molar-refractivity contribution in [1.29, 1.82) is 0 Å². The number of carboxylic acids is 1. The third kappa shape index (κ3) is 4.32. The largest absolute Gasteiger partial charge is 0.507 e. The summed E-state index contributed by atoms with van der Waals surface area (Å²) in [5, 5.41) is 20.2. The number of likely N-dealkylation sites (tertiary alicyclic amines) is 1. The van der Waals surface area contributed by atoms with Gasteiger partial charge in [-0.05, 0) is 43.2 Å². The maximum Gasteiger partial charge on any atom is 0.303 e. The molecule has 6 nitrogen and oxygen atoms in total. The fourth-order valence-corrected chi connectivity index (χ4v) is 3.50. The minimum absolute atomic E-state index is 0.0171. The fourth-order valence-electron chi connectivity index (χ4n) is 3.37. The van der Waals surface area contributed by atoms with Crippen molar-refractivity contribution < 1.29 is 24.6 Å². The number of Topliss-reactive ketones (excluding diaryl/α,β-unsaturated/α-hetero) is 1. The van der Waals surface area contributed by atoms with Gasteiger partial charge in [0.05, 0.1) is 11.6 Å². The molecular formula is C22H20ClNO5. The molecule has 0 aliphatic carbocycles. The maximum atomic E-state index is 12.8. The molecule has 1 saturated heterocycles. The standard InChI is InChI=1S/C22H20ClNO5/c1-13-4-6-14(7-5-13)19-18(20(27)15-8-10-16(23)11-9-15)21(28)22(29)24(19)12-2-3-17(25)26/h4-11,19,27H,2-3,12H2,1H3,(H,25,26)/b20-18+/t19-/m0/s1. The third-order valence-corrected chi connectivity index (χ3v) is 5.09. The van der Waals surface area contributed by atoms with Crippen LogP contribution in [0.1, 0.15) is 35.6 Å². The van der Waals surface area contributed by atoms with E-state index in [4.69, 9.17) is 16.7 Å². The van der Waals surface area contributed by atoms with Crippen LogP contribution in [0.25, 0.3) is 5.76 Å². The van der Waals surface area contributed by atoms with Gasteiger partial charge in [-0.25, -0.2) is 0 Å². The summed E-state index contributed by atoms with van der Waals surface area (Å²) in [4.78, 5) is 37.7. The molecule has 2 aromatic carbocycles. The van der Waals surface area contributed by atoms with Crippen LogP contribution in [-0.2, 0) is 14.4 Å². The van der Waals surface area contributed by atoms with Gasteiger partial charge in [-0.15, -0.1) is 0 Å². The van der Waals surface area contributed by atoms with E-state index in [1.165, 1.54) is 4.90 Å². The second-order valence-corrected chi connectivity index (χ2v) is 7.34. The summed E-state index contributed by atoms with van der Waals surface area (Å²) in [6, 6.07) is 12.8. The molecular weight excluding hydrogens is 394 g/mol. The fraction of sp³-hybridized carbons (Fsp3) is 0.227. The number of benzene rings is 2. The van der Waals surface area contributed by atoms with Crippen LogP contribution in [0.15, 0.2) is 54.1 Å². The first-order chi connectivity index (χ1) is 13.8. The molecule has 7 heteroatoms. The Morgan fingerprint density at radius 3 is 2.24 bits per heavy atom. The normalized spacial score (nSPS) is 18.3. The van der Waals surface area contributed by atoms with E-state index in [-0.39, 0.29) is 30.7 Å². The zero-order valence-corrected chi connectivity index (χ0v) is 16.5. The number of carboxylic acid groups (broad SMARTS) is 1. The average molecular weight is 414 g/mol. The number of nitrogens with zero attached hydrogens (tertiary/aromatic N) is 1. The van der Waals surface area contributed by atoms with Gasteiger partial charge in [0.15, 0.2) is 0 Å². The second kappa shape index (κ2) is 8.49. The van der Waals surface area contributed by atoms with Gasteiger partial charge in [0.1, 0.15) is 5.76 Å². The molecule has 0 aromatic heterocycles. The number of amides is 1. The van der Waals surface area contributed by atoms with Crippen molar-refractivity contribution in [3.05, 3.63) is 75.8 Å². The Bertz CT molecular complexity index is 979. The Morgan fingerprint density at radius 2 is 1.66 bits per heavy atom. The second-order valence-electron chi connectivity index (χ2n) is 6.91. The first-order valence-electron chi connectivity index (χ1n) is 9.12.